The summed E-state index contributed by atoms with van der Waals surface area (Å²) in [6.07, 6.45) is 6.71. The largest absolute Gasteiger partial charge is 0.322 e. The predicted octanol–water partition coefficient (Wildman–Crippen LogP) is 5.64. The second kappa shape index (κ2) is 10.6. The molecule has 0 saturated carbocycles. The summed E-state index contributed by atoms with van der Waals surface area (Å²) in [5.41, 5.74) is 8.24. The Morgan fingerprint density at radius 2 is 1.69 bits per heavy atom. The third-order valence-corrected chi connectivity index (χ3v) is 7.08. The zero-order chi connectivity index (χ0) is 25.1. The smallest absolute Gasteiger partial charge is 0.250 e. The molecule has 2 aromatic heterocycles. The fourth-order valence-electron chi connectivity index (χ4n) is 5.24. The number of anilines is 2. The monoisotopic (exact) mass is 484 g/mol. The molecule has 5 rings (SSSR count). The van der Waals surface area contributed by atoms with Crippen molar-refractivity contribution in [2.24, 2.45) is 0 Å². The summed E-state index contributed by atoms with van der Waals surface area (Å²) in [6.45, 7) is 10.4. The van der Waals surface area contributed by atoms with Gasteiger partial charge in [0.15, 0.2) is 0 Å². The molecule has 1 aliphatic heterocycles. The van der Waals surface area contributed by atoms with Crippen LogP contribution in [0.3, 0.4) is 0 Å². The van der Waals surface area contributed by atoms with E-state index < -0.39 is 0 Å². The lowest BCUT2D eigenvalue weighted by molar-refractivity contribution is 0.222. The van der Waals surface area contributed by atoms with Crippen LogP contribution < -0.4 is 10.9 Å². The zero-order valence-corrected chi connectivity index (χ0v) is 21.4. The first-order chi connectivity index (χ1) is 17.5. The third-order valence-electron chi connectivity index (χ3n) is 7.08. The van der Waals surface area contributed by atoms with Gasteiger partial charge in [0.1, 0.15) is 5.52 Å². The molecule has 0 spiro atoms. The van der Waals surface area contributed by atoms with Gasteiger partial charge in [-0.2, -0.15) is 0 Å². The molecule has 0 aliphatic carbocycles. The molecular formula is C29H36N6O. The van der Waals surface area contributed by atoms with E-state index in [1.165, 1.54) is 49.0 Å². The minimum Gasteiger partial charge on any atom is -0.322 e. The van der Waals surface area contributed by atoms with E-state index in [1.54, 1.807) is 16.7 Å². The Balaban J connectivity index is 0.00000320. The lowest BCUT2D eigenvalue weighted by atomic mass is 9.94. The van der Waals surface area contributed by atoms with E-state index in [0.29, 0.717) is 12.5 Å². The van der Waals surface area contributed by atoms with Gasteiger partial charge in [0, 0.05) is 20.2 Å². The van der Waals surface area contributed by atoms with Crippen LogP contribution in [-0.4, -0.2) is 44.3 Å². The summed E-state index contributed by atoms with van der Waals surface area (Å²) in [5.74, 6) is 0.420. The van der Waals surface area contributed by atoms with E-state index in [9.17, 15) is 4.79 Å². The Hall–Kier alpha value is -3.58. The van der Waals surface area contributed by atoms with Crippen LogP contribution in [0.15, 0.2) is 53.5 Å². The van der Waals surface area contributed by atoms with Crippen LogP contribution in [0.4, 0.5) is 11.6 Å². The van der Waals surface area contributed by atoms with Gasteiger partial charge in [-0.05, 0) is 106 Å². The van der Waals surface area contributed by atoms with E-state index in [-0.39, 0.29) is 6.99 Å². The average Bonchev–Trinajstić information content (AvgIpc) is 2.87. The Morgan fingerprint density at radius 3 is 2.47 bits per heavy atom. The number of aryl methyl sites for hydroxylation is 4. The molecular weight excluding hydrogens is 448 g/mol. The molecule has 36 heavy (non-hydrogen) atoms. The van der Waals surface area contributed by atoms with Crippen molar-refractivity contribution in [1.82, 2.24) is 24.6 Å². The predicted molar refractivity (Wildman–Crippen MR) is 148 cm³/mol. The minimum atomic E-state index is 0. The maximum atomic E-state index is 12.4. The highest BCUT2D eigenvalue weighted by atomic mass is 16.1. The average molecular weight is 485 g/mol. The van der Waals surface area contributed by atoms with E-state index >= 15 is 0 Å². The Morgan fingerprint density at radius 1 is 0.917 bits per heavy atom. The van der Waals surface area contributed by atoms with Crippen molar-refractivity contribution >= 4 is 22.7 Å². The van der Waals surface area contributed by atoms with E-state index in [0.717, 1.165) is 40.8 Å². The van der Waals surface area contributed by atoms with Gasteiger partial charge in [0.05, 0.1) is 11.2 Å². The number of piperidine rings is 1. The summed E-state index contributed by atoms with van der Waals surface area (Å²) in [7, 11) is 0. The Bertz CT molecular complexity index is 1420. The molecule has 0 atom stereocenters. The SMILES string of the molecule is Cc1cccc(C)c1-c1cc(C)c2nc(Nc3ccc(=O)n(CCCN4CCCCC4)c3)nnc2c1.[HH]. The molecule has 7 nitrogen and oxygen atoms in total. The molecule has 0 unspecified atom stereocenters. The van der Waals surface area contributed by atoms with Gasteiger partial charge in [-0.1, -0.05) is 24.6 Å². The number of rotatable bonds is 7. The van der Waals surface area contributed by atoms with Gasteiger partial charge in [0.2, 0.25) is 5.95 Å². The topological polar surface area (TPSA) is 75.9 Å². The number of likely N-dealkylation sites (tertiary alicyclic amines) is 1. The highest BCUT2D eigenvalue weighted by Gasteiger charge is 2.12. The van der Waals surface area contributed by atoms with Gasteiger partial charge in [0.25, 0.3) is 5.56 Å². The molecule has 4 aromatic rings. The summed E-state index contributed by atoms with van der Waals surface area (Å²) in [6, 6.07) is 13.9. The standard InChI is InChI=1S/C29H34N6O.H2/c1-20-9-7-10-21(2)27(20)23-17-22(3)28-25(18-23)32-33-29(31-28)30-24-11-12-26(36)35(19-24)16-8-15-34-13-5-4-6-14-34;/h7,9-12,17-19H,4-6,8,13-16H2,1-3H3,(H,30,31,33);1H. The van der Waals surface area contributed by atoms with E-state index in [2.05, 4.69) is 71.5 Å². The van der Waals surface area contributed by atoms with Crippen LogP contribution in [0.2, 0.25) is 0 Å². The number of benzene rings is 2. The van der Waals surface area contributed by atoms with E-state index in [4.69, 9.17) is 4.98 Å². The lowest BCUT2D eigenvalue weighted by Gasteiger charge is -2.26. The summed E-state index contributed by atoms with van der Waals surface area (Å²) >= 11 is 0. The minimum absolute atomic E-state index is 0. The van der Waals surface area contributed by atoms with Gasteiger partial charge < -0.3 is 14.8 Å². The van der Waals surface area contributed by atoms with Crippen molar-refractivity contribution in [2.45, 2.75) is 53.0 Å². The highest BCUT2D eigenvalue weighted by Crippen LogP contribution is 2.31. The fraction of sp³-hybridized carbons (Fsp3) is 0.379. The van der Waals surface area contributed by atoms with E-state index in [1.807, 2.05) is 6.20 Å². The van der Waals surface area contributed by atoms with Crippen LogP contribution in [0, 0.1) is 20.8 Å². The number of nitrogens with zero attached hydrogens (tertiary/aromatic N) is 5. The Labute approximate surface area is 213 Å². The molecule has 1 fully saturated rings. The van der Waals surface area contributed by atoms with Crippen molar-refractivity contribution in [3.05, 3.63) is 75.7 Å². The number of nitrogens with one attached hydrogen (secondary N) is 1. The first kappa shape index (κ1) is 24.1. The van der Waals surface area contributed by atoms with Gasteiger partial charge >= 0.3 is 0 Å². The molecule has 1 aliphatic rings. The molecule has 0 radical (unpaired) electrons. The molecule has 188 valence electrons. The second-order valence-corrected chi connectivity index (χ2v) is 9.89. The van der Waals surface area contributed by atoms with Crippen molar-refractivity contribution in [1.29, 1.82) is 0 Å². The summed E-state index contributed by atoms with van der Waals surface area (Å²) in [5, 5.41) is 12.0. The Kier molecular flexibility index (Phi) is 7.09. The first-order valence-corrected chi connectivity index (χ1v) is 12.9. The summed E-state index contributed by atoms with van der Waals surface area (Å²) < 4.78 is 1.77. The molecule has 3 heterocycles. The number of fused-ring (bicyclic) bond motifs is 1. The summed E-state index contributed by atoms with van der Waals surface area (Å²) in [4.78, 5) is 19.6. The van der Waals surface area contributed by atoms with Crippen LogP contribution in [0.1, 0.15) is 43.8 Å². The van der Waals surface area contributed by atoms with Crippen LogP contribution in [0.25, 0.3) is 22.2 Å². The van der Waals surface area contributed by atoms with Gasteiger partial charge in [-0.25, -0.2) is 4.98 Å². The molecule has 0 bridgehead atoms. The van der Waals surface area contributed by atoms with Gasteiger partial charge in [-0.15, -0.1) is 10.2 Å². The molecule has 1 saturated heterocycles. The third kappa shape index (κ3) is 5.31. The highest BCUT2D eigenvalue weighted by molar-refractivity contribution is 5.86. The number of hydrogen-bond acceptors (Lipinski definition) is 6. The van der Waals surface area contributed by atoms with Crippen molar-refractivity contribution in [3.63, 3.8) is 0 Å². The zero-order valence-electron chi connectivity index (χ0n) is 21.4. The van der Waals surface area contributed by atoms with Crippen LogP contribution >= 0.6 is 0 Å². The molecule has 7 heteroatoms. The molecule has 0 amide bonds. The molecule has 1 N–H and O–H groups in total. The van der Waals surface area contributed by atoms with Crippen molar-refractivity contribution in [3.8, 4) is 11.1 Å². The first-order valence-electron chi connectivity index (χ1n) is 12.9. The number of pyridine rings is 1. The molecule has 2 aromatic carbocycles. The maximum absolute atomic E-state index is 12.4. The quantitative estimate of drug-likeness (QED) is 0.366. The van der Waals surface area contributed by atoms with Crippen LogP contribution in [0.5, 0.6) is 0 Å². The lowest BCUT2D eigenvalue weighted by Crippen LogP contribution is -2.31. The number of hydrogen-bond donors (Lipinski definition) is 1. The fourth-order valence-corrected chi connectivity index (χ4v) is 5.24. The van der Waals surface area contributed by atoms with Gasteiger partial charge in [-0.3, -0.25) is 4.79 Å². The van der Waals surface area contributed by atoms with Crippen molar-refractivity contribution < 1.29 is 1.43 Å². The maximum Gasteiger partial charge on any atom is 0.250 e. The van der Waals surface area contributed by atoms with Crippen molar-refractivity contribution in [2.75, 3.05) is 25.0 Å². The normalized spacial score (nSPS) is 14.3. The van der Waals surface area contributed by atoms with Crippen LogP contribution in [-0.2, 0) is 6.54 Å². The number of aromatic nitrogens is 4. The second-order valence-electron chi connectivity index (χ2n) is 9.89.